The number of pyridine rings is 1. The summed E-state index contributed by atoms with van der Waals surface area (Å²) in [7, 11) is 0. The monoisotopic (exact) mass is 267 g/mol. The molecule has 0 aliphatic carbocycles. The second-order valence-corrected chi connectivity index (χ2v) is 4.71. The lowest BCUT2D eigenvalue weighted by atomic mass is 9.96. The van der Waals surface area contributed by atoms with Gasteiger partial charge in [0.1, 0.15) is 0 Å². The van der Waals surface area contributed by atoms with Crippen molar-refractivity contribution < 1.29 is 14.8 Å². The molecular formula is C12H17N3O4. The molecule has 1 atom stereocenters. The number of aromatic nitrogens is 1. The third kappa shape index (κ3) is 3.90. The standard InChI is InChI=1S/C12H17N3O4/c1-7(2)9(12(16)17)6-14-11-10(15(18)19)4-8(3)5-13-11/h4-5,7,9H,6H2,1-3H3,(H,13,14)(H,16,17). The van der Waals surface area contributed by atoms with Crippen LogP contribution in [-0.2, 0) is 4.79 Å². The average Bonchev–Trinajstić information content (AvgIpc) is 2.29. The van der Waals surface area contributed by atoms with E-state index < -0.39 is 16.8 Å². The maximum absolute atomic E-state index is 11.0. The number of hydrogen-bond donors (Lipinski definition) is 2. The molecule has 1 unspecified atom stereocenters. The number of carboxylic acids is 1. The zero-order valence-electron chi connectivity index (χ0n) is 11.1. The molecule has 0 amide bonds. The Morgan fingerprint density at radius 2 is 2.21 bits per heavy atom. The van der Waals surface area contributed by atoms with E-state index in [9.17, 15) is 14.9 Å². The highest BCUT2D eigenvalue weighted by molar-refractivity contribution is 5.71. The molecule has 0 aliphatic rings. The van der Waals surface area contributed by atoms with Crippen LogP contribution >= 0.6 is 0 Å². The summed E-state index contributed by atoms with van der Waals surface area (Å²) in [5.74, 6) is -1.53. The molecule has 2 N–H and O–H groups in total. The Morgan fingerprint density at radius 1 is 1.58 bits per heavy atom. The van der Waals surface area contributed by atoms with Gasteiger partial charge in [0.15, 0.2) is 0 Å². The van der Waals surface area contributed by atoms with Crippen LogP contribution in [0, 0.1) is 28.9 Å². The molecule has 0 radical (unpaired) electrons. The fraction of sp³-hybridized carbons (Fsp3) is 0.500. The Hall–Kier alpha value is -2.18. The van der Waals surface area contributed by atoms with Crippen LogP contribution in [0.15, 0.2) is 12.3 Å². The van der Waals surface area contributed by atoms with Gasteiger partial charge in [-0.2, -0.15) is 0 Å². The van der Waals surface area contributed by atoms with Gasteiger partial charge in [-0.05, 0) is 18.4 Å². The van der Waals surface area contributed by atoms with Crippen molar-refractivity contribution in [1.29, 1.82) is 0 Å². The fourth-order valence-electron chi connectivity index (χ4n) is 1.64. The summed E-state index contributed by atoms with van der Waals surface area (Å²) >= 11 is 0. The molecule has 0 bridgehead atoms. The molecule has 7 heteroatoms. The number of nitro groups is 1. The van der Waals surface area contributed by atoms with Gasteiger partial charge < -0.3 is 10.4 Å². The molecule has 0 saturated carbocycles. The van der Waals surface area contributed by atoms with Gasteiger partial charge in [0.05, 0.1) is 10.8 Å². The van der Waals surface area contributed by atoms with E-state index >= 15 is 0 Å². The number of carboxylic acid groups (broad SMARTS) is 1. The largest absolute Gasteiger partial charge is 0.481 e. The van der Waals surface area contributed by atoms with Crippen molar-refractivity contribution in [3.05, 3.63) is 27.9 Å². The molecule has 104 valence electrons. The molecule has 0 saturated heterocycles. The predicted molar refractivity (Wildman–Crippen MR) is 70.1 cm³/mol. The van der Waals surface area contributed by atoms with Gasteiger partial charge in [-0.3, -0.25) is 14.9 Å². The summed E-state index contributed by atoms with van der Waals surface area (Å²) in [5, 5.41) is 22.7. The number of aryl methyl sites for hydroxylation is 1. The van der Waals surface area contributed by atoms with Crippen molar-refractivity contribution in [2.24, 2.45) is 11.8 Å². The molecule has 19 heavy (non-hydrogen) atoms. The van der Waals surface area contributed by atoms with Crippen LogP contribution in [0.2, 0.25) is 0 Å². The van der Waals surface area contributed by atoms with E-state index in [-0.39, 0.29) is 24.0 Å². The highest BCUT2D eigenvalue weighted by Crippen LogP contribution is 2.23. The van der Waals surface area contributed by atoms with Crippen molar-refractivity contribution in [3.8, 4) is 0 Å². The lowest BCUT2D eigenvalue weighted by Gasteiger charge is -2.17. The number of rotatable bonds is 6. The van der Waals surface area contributed by atoms with Crippen molar-refractivity contribution in [1.82, 2.24) is 4.98 Å². The van der Waals surface area contributed by atoms with E-state index in [1.807, 2.05) is 0 Å². The van der Waals surface area contributed by atoms with E-state index in [1.54, 1.807) is 20.8 Å². The lowest BCUT2D eigenvalue weighted by molar-refractivity contribution is -0.384. The highest BCUT2D eigenvalue weighted by Gasteiger charge is 2.23. The van der Waals surface area contributed by atoms with Gasteiger partial charge in [0.25, 0.3) is 0 Å². The van der Waals surface area contributed by atoms with E-state index in [0.717, 1.165) is 0 Å². The number of anilines is 1. The molecule has 1 rings (SSSR count). The second-order valence-electron chi connectivity index (χ2n) is 4.71. The van der Waals surface area contributed by atoms with Crippen LogP contribution in [0.5, 0.6) is 0 Å². The van der Waals surface area contributed by atoms with Gasteiger partial charge in [0, 0.05) is 18.8 Å². The Bertz CT molecular complexity index is 488. The Kier molecular flexibility index (Phi) is 4.80. The zero-order valence-corrected chi connectivity index (χ0v) is 11.1. The van der Waals surface area contributed by atoms with Crippen LogP contribution in [0.1, 0.15) is 19.4 Å². The molecule has 7 nitrogen and oxygen atoms in total. The summed E-state index contributed by atoms with van der Waals surface area (Å²) in [4.78, 5) is 25.3. The van der Waals surface area contributed by atoms with E-state index in [1.165, 1.54) is 12.3 Å². The SMILES string of the molecule is Cc1cnc(NCC(C(=O)O)C(C)C)c([N+](=O)[O-])c1. The quantitative estimate of drug-likeness (QED) is 0.603. The fourth-order valence-corrected chi connectivity index (χ4v) is 1.64. The zero-order chi connectivity index (χ0) is 14.6. The van der Waals surface area contributed by atoms with Crippen molar-refractivity contribution in [2.75, 3.05) is 11.9 Å². The summed E-state index contributed by atoms with van der Waals surface area (Å²) in [6.07, 6.45) is 1.50. The maximum Gasteiger partial charge on any atom is 0.311 e. The third-order valence-corrected chi connectivity index (χ3v) is 2.81. The summed E-state index contributed by atoms with van der Waals surface area (Å²) in [5.41, 5.74) is 0.531. The van der Waals surface area contributed by atoms with Crippen molar-refractivity contribution in [3.63, 3.8) is 0 Å². The first-order valence-corrected chi connectivity index (χ1v) is 5.90. The molecule has 0 aliphatic heterocycles. The van der Waals surface area contributed by atoms with Gasteiger partial charge in [-0.15, -0.1) is 0 Å². The Morgan fingerprint density at radius 3 is 2.68 bits per heavy atom. The van der Waals surface area contributed by atoms with Gasteiger partial charge >= 0.3 is 11.7 Å². The number of nitrogens with zero attached hydrogens (tertiary/aromatic N) is 2. The van der Waals surface area contributed by atoms with Gasteiger partial charge in [-0.1, -0.05) is 13.8 Å². The van der Waals surface area contributed by atoms with Crippen LogP contribution < -0.4 is 5.32 Å². The minimum absolute atomic E-state index is 0.0745. The maximum atomic E-state index is 11.0. The summed E-state index contributed by atoms with van der Waals surface area (Å²) in [6.45, 7) is 5.39. The van der Waals surface area contributed by atoms with Gasteiger partial charge in [-0.25, -0.2) is 4.98 Å². The molecule has 1 heterocycles. The number of hydrogen-bond acceptors (Lipinski definition) is 5. The Balaban J connectivity index is 2.88. The number of aliphatic carboxylic acids is 1. The van der Waals surface area contributed by atoms with Crippen molar-refractivity contribution in [2.45, 2.75) is 20.8 Å². The van der Waals surface area contributed by atoms with Crippen LogP contribution in [0.3, 0.4) is 0 Å². The molecule has 1 aromatic heterocycles. The van der Waals surface area contributed by atoms with Gasteiger partial charge in [0.2, 0.25) is 5.82 Å². The first-order chi connectivity index (χ1) is 8.82. The topological polar surface area (TPSA) is 105 Å². The molecule has 0 fully saturated rings. The predicted octanol–water partition coefficient (Wildman–Crippen LogP) is 2.07. The summed E-state index contributed by atoms with van der Waals surface area (Å²) < 4.78 is 0. The Labute approximate surface area is 110 Å². The molecular weight excluding hydrogens is 250 g/mol. The van der Waals surface area contributed by atoms with Crippen LogP contribution in [-0.4, -0.2) is 27.5 Å². The van der Waals surface area contributed by atoms with E-state index in [0.29, 0.717) is 5.56 Å². The summed E-state index contributed by atoms with van der Waals surface area (Å²) in [6, 6.07) is 1.40. The van der Waals surface area contributed by atoms with Crippen molar-refractivity contribution >= 4 is 17.5 Å². The first-order valence-electron chi connectivity index (χ1n) is 5.90. The second kappa shape index (κ2) is 6.12. The molecule has 1 aromatic rings. The minimum Gasteiger partial charge on any atom is -0.481 e. The lowest BCUT2D eigenvalue weighted by Crippen LogP contribution is -2.28. The van der Waals surface area contributed by atoms with Crippen LogP contribution in [0.4, 0.5) is 11.5 Å². The smallest absolute Gasteiger partial charge is 0.311 e. The average molecular weight is 267 g/mol. The number of carbonyl (C=O) groups is 1. The van der Waals surface area contributed by atoms with Crippen LogP contribution in [0.25, 0.3) is 0 Å². The highest BCUT2D eigenvalue weighted by atomic mass is 16.6. The first kappa shape index (κ1) is 14.9. The molecule has 0 spiro atoms. The number of nitrogens with one attached hydrogen (secondary N) is 1. The third-order valence-electron chi connectivity index (χ3n) is 2.81. The van der Waals surface area contributed by atoms with E-state index in [2.05, 4.69) is 10.3 Å². The van der Waals surface area contributed by atoms with E-state index in [4.69, 9.17) is 5.11 Å². The normalized spacial score (nSPS) is 12.2. The minimum atomic E-state index is -0.933. The molecule has 0 aromatic carbocycles.